The summed E-state index contributed by atoms with van der Waals surface area (Å²) in [4.78, 5) is 1.52. The average molecular weight is 351 g/mol. The van der Waals surface area contributed by atoms with E-state index < -0.39 is 6.10 Å². The number of benzene rings is 1. The van der Waals surface area contributed by atoms with Crippen molar-refractivity contribution in [2.45, 2.75) is 71.1 Å². The lowest BCUT2D eigenvalue weighted by molar-refractivity contribution is -0.954. The molecule has 4 atom stereocenters. The predicted octanol–water partition coefficient (Wildman–Crippen LogP) is 2.41. The standard InChI is InChI=1S/C21H35NO3/c1-16(2)20-10-5-6-11-21(20)25-13-12-24-15-19(23)14-22-17(3)8-7-9-18(22)4/h5-6,10-11,16-19,23H,7-9,12-15H2,1-4H3/p+1/t17-,18+,19-/m0/s1. The van der Waals surface area contributed by atoms with Gasteiger partial charge in [-0.3, -0.25) is 0 Å². The van der Waals surface area contributed by atoms with Crippen molar-refractivity contribution in [1.29, 1.82) is 0 Å². The van der Waals surface area contributed by atoms with Crippen molar-refractivity contribution in [3.05, 3.63) is 29.8 Å². The van der Waals surface area contributed by atoms with Crippen LogP contribution in [0.3, 0.4) is 0 Å². The molecule has 1 aliphatic rings. The molecule has 25 heavy (non-hydrogen) atoms. The molecule has 1 aromatic carbocycles. The zero-order valence-corrected chi connectivity index (χ0v) is 16.3. The van der Waals surface area contributed by atoms with Crippen LogP contribution in [0.2, 0.25) is 0 Å². The van der Waals surface area contributed by atoms with Gasteiger partial charge in [-0.15, -0.1) is 0 Å². The zero-order valence-electron chi connectivity index (χ0n) is 16.3. The molecule has 0 aromatic heterocycles. The number of ether oxygens (including phenoxy) is 2. The van der Waals surface area contributed by atoms with E-state index in [1.54, 1.807) is 0 Å². The normalized spacial score (nSPS) is 25.1. The SMILES string of the molecule is CC(C)c1ccccc1OCCOC[C@@H](O)C[NH+]1[C@H](C)CCC[C@@H]1C. The van der Waals surface area contributed by atoms with Gasteiger partial charge in [-0.2, -0.15) is 0 Å². The van der Waals surface area contributed by atoms with E-state index >= 15 is 0 Å². The quantitative estimate of drug-likeness (QED) is 0.672. The van der Waals surface area contributed by atoms with Crippen molar-refractivity contribution in [3.63, 3.8) is 0 Å². The number of nitrogens with one attached hydrogen (secondary N) is 1. The predicted molar refractivity (Wildman–Crippen MR) is 101 cm³/mol. The van der Waals surface area contributed by atoms with Crippen LogP contribution in [0.4, 0.5) is 0 Å². The fourth-order valence-electron chi connectivity index (χ4n) is 3.84. The van der Waals surface area contributed by atoms with Crippen molar-refractivity contribution < 1.29 is 19.5 Å². The monoisotopic (exact) mass is 350 g/mol. The molecule has 0 spiro atoms. The second kappa shape index (κ2) is 10.1. The van der Waals surface area contributed by atoms with E-state index in [1.807, 2.05) is 18.2 Å². The summed E-state index contributed by atoms with van der Waals surface area (Å²) in [5.41, 5.74) is 1.22. The third-order valence-corrected chi connectivity index (χ3v) is 5.35. The van der Waals surface area contributed by atoms with Crippen LogP contribution in [0.1, 0.15) is 58.4 Å². The fourth-order valence-corrected chi connectivity index (χ4v) is 3.84. The van der Waals surface area contributed by atoms with Crippen molar-refractivity contribution in [3.8, 4) is 5.75 Å². The Morgan fingerprint density at radius 2 is 1.80 bits per heavy atom. The van der Waals surface area contributed by atoms with Gasteiger partial charge in [-0.1, -0.05) is 32.0 Å². The number of rotatable bonds is 9. The first-order valence-electron chi connectivity index (χ1n) is 9.82. The highest BCUT2D eigenvalue weighted by Crippen LogP contribution is 2.25. The Kier molecular flexibility index (Phi) is 8.20. The molecule has 0 aliphatic carbocycles. The van der Waals surface area contributed by atoms with Gasteiger partial charge in [0.1, 0.15) is 25.0 Å². The Morgan fingerprint density at radius 3 is 2.48 bits per heavy atom. The Balaban J connectivity index is 1.66. The highest BCUT2D eigenvalue weighted by molar-refractivity contribution is 5.35. The lowest BCUT2D eigenvalue weighted by atomic mass is 9.97. The van der Waals surface area contributed by atoms with Crippen LogP contribution in [-0.4, -0.2) is 49.7 Å². The smallest absolute Gasteiger partial charge is 0.126 e. The molecule has 1 fully saturated rings. The molecule has 1 aliphatic heterocycles. The van der Waals surface area contributed by atoms with E-state index in [9.17, 15) is 5.11 Å². The van der Waals surface area contributed by atoms with Crippen LogP contribution < -0.4 is 9.64 Å². The van der Waals surface area contributed by atoms with Gasteiger partial charge in [0.15, 0.2) is 0 Å². The van der Waals surface area contributed by atoms with Crippen molar-refractivity contribution in [2.24, 2.45) is 0 Å². The number of piperidine rings is 1. The molecule has 2 rings (SSSR count). The molecule has 1 aromatic rings. The molecule has 4 heteroatoms. The Hall–Kier alpha value is -1.10. The molecule has 1 unspecified atom stereocenters. The lowest BCUT2D eigenvalue weighted by Gasteiger charge is -2.36. The fraction of sp³-hybridized carbons (Fsp3) is 0.714. The Labute approximate surface area is 153 Å². The Bertz CT molecular complexity index is 496. The number of para-hydroxylation sites is 1. The number of aliphatic hydroxyl groups is 1. The summed E-state index contributed by atoms with van der Waals surface area (Å²) in [6.07, 6.45) is 3.43. The zero-order chi connectivity index (χ0) is 18.2. The van der Waals surface area contributed by atoms with Crippen LogP contribution >= 0.6 is 0 Å². The minimum Gasteiger partial charge on any atom is -0.491 e. The molecule has 1 saturated heterocycles. The molecule has 2 N–H and O–H groups in total. The number of likely N-dealkylation sites (tertiary alicyclic amines) is 1. The van der Waals surface area contributed by atoms with Gasteiger partial charge >= 0.3 is 0 Å². The maximum Gasteiger partial charge on any atom is 0.126 e. The minimum atomic E-state index is -0.402. The molecule has 0 bridgehead atoms. The maximum absolute atomic E-state index is 10.3. The molecule has 142 valence electrons. The van der Waals surface area contributed by atoms with Crippen molar-refractivity contribution >= 4 is 0 Å². The lowest BCUT2D eigenvalue weighted by Crippen LogP contribution is -3.20. The number of hydrogen-bond donors (Lipinski definition) is 2. The van der Waals surface area contributed by atoms with Gasteiger partial charge in [0.05, 0.1) is 25.3 Å². The molecule has 0 radical (unpaired) electrons. The van der Waals surface area contributed by atoms with Gasteiger partial charge in [0.25, 0.3) is 0 Å². The first-order chi connectivity index (χ1) is 12.0. The van der Waals surface area contributed by atoms with Gasteiger partial charge in [0.2, 0.25) is 0 Å². The van der Waals surface area contributed by atoms with Crippen molar-refractivity contribution in [2.75, 3.05) is 26.4 Å². The number of aliphatic hydroxyl groups excluding tert-OH is 1. The van der Waals surface area contributed by atoms with Crippen LogP contribution in [-0.2, 0) is 4.74 Å². The van der Waals surface area contributed by atoms with Gasteiger partial charge in [0, 0.05) is 0 Å². The largest absolute Gasteiger partial charge is 0.491 e. The summed E-state index contributed by atoms with van der Waals surface area (Å²) in [7, 11) is 0. The van der Waals surface area contributed by atoms with E-state index in [-0.39, 0.29) is 0 Å². The minimum absolute atomic E-state index is 0.387. The summed E-state index contributed by atoms with van der Waals surface area (Å²) in [5.74, 6) is 1.37. The third kappa shape index (κ3) is 6.28. The summed E-state index contributed by atoms with van der Waals surface area (Å²) in [6, 6.07) is 9.42. The van der Waals surface area contributed by atoms with E-state index in [1.165, 1.54) is 29.7 Å². The van der Waals surface area contributed by atoms with Crippen LogP contribution in [0.5, 0.6) is 5.75 Å². The molecule has 0 saturated carbocycles. The van der Waals surface area contributed by atoms with Gasteiger partial charge in [-0.05, 0) is 50.7 Å². The molecule has 4 nitrogen and oxygen atoms in total. The molecular weight excluding hydrogens is 314 g/mol. The topological polar surface area (TPSA) is 43.1 Å². The van der Waals surface area contributed by atoms with E-state index in [2.05, 4.69) is 33.8 Å². The van der Waals surface area contributed by atoms with Crippen LogP contribution in [0.15, 0.2) is 24.3 Å². The number of quaternary nitrogens is 1. The summed E-state index contributed by atoms with van der Waals surface area (Å²) in [6.45, 7) is 11.1. The van der Waals surface area contributed by atoms with Gasteiger partial charge < -0.3 is 19.5 Å². The van der Waals surface area contributed by atoms with E-state index in [0.29, 0.717) is 37.8 Å². The summed E-state index contributed by atoms with van der Waals surface area (Å²) in [5, 5.41) is 10.3. The molecule has 0 amide bonds. The second-order valence-corrected chi connectivity index (χ2v) is 7.78. The maximum atomic E-state index is 10.3. The third-order valence-electron chi connectivity index (χ3n) is 5.35. The average Bonchev–Trinajstić information content (AvgIpc) is 2.58. The summed E-state index contributed by atoms with van der Waals surface area (Å²) >= 11 is 0. The summed E-state index contributed by atoms with van der Waals surface area (Å²) < 4.78 is 11.5. The van der Waals surface area contributed by atoms with Crippen LogP contribution in [0.25, 0.3) is 0 Å². The highest BCUT2D eigenvalue weighted by Gasteiger charge is 2.30. The first kappa shape index (κ1) is 20.2. The second-order valence-electron chi connectivity index (χ2n) is 7.78. The van der Waals surface area contributed by atoms with Crippen LogP contribution in [0, 0.1) is 0 Å². The molecule has 1 heterocycles. The van der Waals surface area contributed by atoms with E-state index in [4.69, 9.17) is 9.47 Å². The van der Waals surface area contributed by atoms with Crippen molar-refractivity contribution in [1.82, 2.24) is 0 Å². The highest BCUT2D eigenvalue weighted by atomic mass is 16.5. The number of hydrogen-bond acceptors (Lipinski definition) is 3. The first-order valence-corrected chi connectivity index (χ1v) is 9.82. The van der Waals surface area contributed by atoms with Gasteiger partial charge in [-0.25, -0.2) is 0 Å². The Morgan fingerprint density at radius 1 is 1.12 bits per heavy atom. The van der Waals surface area contributed by atoms with E-state index in [0.717, 1.165) is 12.3 Å². The molecular formula is C21H36NO3+.